The van der Waals surface area contributed by atoms with Gasteiger partial charge in [0.15, 0.2) is 0 Å². The average Bonchev–Trinajstić information content (AvgIpc) is 2.11. The summed E-state index contributed by atoms with van der Waals surface area (Å²) in [6.07, 6.45) is -13.5. The standard InChI is InChI=1S/C6H6F10N2OS/c7-3(8,1-17-2-20-19)4(9,10)18(5(11,12)13)6(14,15)16/h17,19H,1-2H2. The molecule has 0 aliphatic heterocycles. The Morgan fingerprint density at radius 2 is 1.25 bits per heavy atom. The maximum Gasteiger partial charge on any atom is 0.472 e. The number of nitrogens with zero attached hydrogens (tertiary/aromatic N) is 1. The zero-order valence-electron chi connectivity index (χ0n) is 9.00. The fraction of sp³-hybridized carbons (Fsp3) is 1.00. The molecule has 122 valence electrons. The molecule has 0 heterocycles. The minimum absolute atomic E-state index is 0.175. The van der Waals surface area contributed by atoms with Crippen molar-refractivity contribution in [2.45, 2.75) is 24.6 Å². The van der Waals surface area contributed by atoms with Gasteiger partial charge in [-0.1, -0.05) is 4.90 Å². The number of rotatable bonds is 6. The number of hydrogen-bond acceptors (Lipinski definition) is 4. The third-order valence-electron chi connectivity index (χ3n) is 1.74. The minimum atomic E-state index is -6.77. The molecule has 3 nitrogen and oxygen atoms in total. The SMILES string of the molecule is OSCNCC(F)(F)C(F)(F)N(C(F)(F)F)C(F)(F)F. The molecule has 0 aromatic rings. The van der Waals surface area contributed by atoms with Crippen molar-refractivity contribution < 1.29 is 48.5 Å². The largest absolute Gasteiger partial charge is 0.472 e. The summed E-state index contributed by atoms with van der Waals surface area (Å²) < 4.78 is 131. The Morgan fingerprint density at radius 3 is 1.55 bits per heavy atom. The summed E-state index contributed by atoms with van der Waals surface area (Å²) in [5.41, 5.74) is 0. The first-order valence-corrected chi connectivity index (χ1v) is 5.29. The summed E-state index contributed by atoms with van der Waals surface area (Å²) in [7, 11) is 0. The molecule has 0 aromatic heterocycles. The van der Waals surface area contributed by atoms with Crippen molar-refractivity contribution in [3.05, 3.63) is 0 Å². The molecule has 2 N–H and O–H groups in total. The van der Waals surface area contributed by atoms with E-state index in [9.17, 15) is 43.9 Å². The Balaban J connectivity index is 5.42. The van der Waals surface area contributed by atoms with Crippen LogP contribution in [0.1, 0.15) is 0 Å². The third kappa shape index (κ3) is 4.53. The molecule has 0 aromatic carbocycles. The Bertz CT molecular complexity index is 302. The summed E-state index contributed by atoms with van der Waals surface area (Å²) in [6, 6.07) is -6.57. The monoisotopic (exact) mass is 344 g/mol. The Morgan fingerprint density at radius 1 is 0.850 bits per heavy atom. The minimum Gasteiger partial charge on any atom is -0.329 e. The number of nitrogens with one attached hydrogen (secondary N) is 1. The number of alkyl halides is 10. The van der Waals surface area contributed by atoms with Gasteiger partial charge in [-0.15, -0.1) is 0 Å². The Labute approximate surface area is 109 Å². The smallest absolute Gasteiger partial charge is 0.329 e. The van der Waals surface area contributed by atoms with Crippen molar-refractivity contribution in [3.8, 4) is 0 Å². The zero-order valence-corrected chi connectivity index (χ0v) is 9.81. The van der Waals surface area contributed by atoms with Crippen LogP contribution in [-0.2, 0) is 0 Å². The van der Waals surface area contributed by atoms with E-state index in [0.29, 0.717) is 0 Å². The summed E-state index contributed by atoms with van der Waals surface area (Å²) in [6.45, 7) is -2.21. The van der Waals surface area contributed by atoms with Crippen LogP contribution in [0, 0.1) is 0 Å². The van der Waals surface area contributed by atoms with Crippen molar-refractivity contribution in [1.82, 2.24) is 10.2 Å². The zero-order chi connectivity index (χ0) is 16.4. The van der Waals surface area contributed by atoms with Crippen molar-refractivity contribution in [1.29, 1.82) is 0 Å². The summed E-state index contributed by atoms with van der Waals surface area (Å²) in [4.78, 5) is -3.47. The van der Waals surface area contributed by atoms with Gasteiger partial charge in [0.05, 0.1) is 12.4 Å². The summed E-state index contributed by atoms with van der Waals surface area (Å²) >= 11 is -0.175. The molecule has 14 heteroatoms. The van der Waals surface area contributed by atoms with E-state index in [2.05, 4.69) is 0 Å². The van der Waals surface area contributed by atoms with Crippen LogP contribution in [0.25, 0.3) is 0 Å². The lowest BCUT2D eigenvalue weighted by Gasteiger charge is -2.37. The van der Waals surface area contributed by atoms with Gasteiger partial charge in [-0.3, -0.25) is 5.32 Å². The molecule has 0 amide bonds. The second-order valence-corrected chi connectivity index (χ2v) is 3.76. The summed E-state index contributed by atoms with van der Waals surface area (Å²) in [5.74, 6) is -6.50. The average molecular weight is 344 g/mol. The van der Waals surface area contributed by atoms with Crippen molar-refractivity contribution in [3.63, 3.8) is 0 Å². The molecular formula is C6H6F10N2OS. The molecule has 0 bridgehead atoms. The van der Waals surface area contributed by atoms with Gasteiger partial charge in [-0.05, 0) is 0 Å². The predicted molar refractivity (Wildman–Crippen MR) is 46.9 cm³/mol. The van der Waals surface area contributed by atoms with E-state index in [1.54, 1.807) is 0 Å². The maximum atomic E-state index is 12.9. The molecule has 0 saturated heterocycles. The van der Waals surface area contributed by atoms with Crippen molar-refractivity contribution >= 4 is 12.0 Å². The molecule has 0 spiro atoms. The van der Waals surface area contributed by atoms with E-state index in [-0.39, 0.29) is 12.0 Å². The van der Waals surface area contributed by atoms with Gasteiger partial charge in [-0.25, -0.2) is 0 Å². The third-order valence-corrected chi connectivity index (χ3v) is 2.07. The molecule has 0 radical (unpaired) electrons. The first kappa shape index (κ1) is 19.5. The molecule has 0 aliphatic rings. The van der Waals surface area contributed by atoms with Crippen molar-refractivity contribution in [2.24, 2.45) is 0 Å². The summed E-state index contributed by atoms with van der Waals surface area (Å²) in [5, 5.41) is 1.36. The quantitative estimate of drug-likeness (QED) is 0.255. The Kier molecular flexibility index (Phi) is 5.97. The van der Waals surface area contributed by atoms with Crippen molar-refractivity contribution in [2.75, 3.05) is 12.4 Å². The van der Waals surface area contributed by atoms with Gasteiger partial charge >= 0.3 is 24.6 Å². The highest BCUT2D eigenvalue weighted by Crippen LogP contribution is 2.48. The lowest BCUT2D eigenvalue weighted by Crippen LogP contribution is -2.66. The second kappa shape index (κ2) is 6.11. The van der Waals surface area contributed by atoms with Crippen LogP contribution in [0.2, 0.25) is 0 Å². The van der Waals surface area contributed by atoms with Gasteiger partial charge in [0, 0.05) is 12.0 Å². The fourth-order valence-corrected chi connectivity index (χ4v) is 1.18. The topological polar surface area (TPSA) is 35.5 Å². The van der Waals surface area contributed by atoms with Crippen LogP contribution in [0.15, 0.2) is 0 Å². The van der Waals surface area contributed by atoms with Crippen LogP contribution in [0.3, 0.4) is 0 Å². The highest BCUT2D eigenvalue weighted by molar-refractivity contribution is 7.93. The van der Waals surface area contributed by atoms with Gasteiger partial charge in [0.2, 0.25) is 0 Å². The van der Waals surface area contributed by atoms with Gasteiger partial charge < -0.3 is 4.55 Å². The van der Waals surface area contributed by atoms with Gasteiger partial charge in [-0.2, -0.15) is 43.9 Å². The van der Waals surface area contributed by atoms with E-state index in [1.165, 1.54) is 5.32 Å². The van der Waals surface area contributed by atoms with E-state index in [0.717, 1.165) is 0 Å². The van der Waals surface area contributed by atoms with E-state index < -0.39 is 41.9 Å². The van der Waals surface area contributed by atoms with Crippen LogP contribution in [-0.4, -0.2) is 46.4 Å². The first-order valence-electron chi connectivity index (χ1n) is 4.34. The lowest BCUT2D eigenvalue weighted by atomic mass is 10.2. The molecule has 0 saturated carbocycles. The highest BCUT2D eigenvalue weighted by Gasteiger charge is 2.74. The molecule has 0 fully saturated rings. The van der Waals surface area contributed by atoms with Crippen LogP contribution < -0.4 is 5.32 Å². The van der Waals surface area contributed by atoms with Crippen LogP contribution in [0.5, 0.6) is 0 Å². The number of halogens is 10. The second-order valence-electron chi connectivity index (χ2n) is 3.22. The molecule has 20 heavy (non-hydrogen) atoms. The number of hydrogen-bond donors (Lipinski definition) is 2. The van der Waals surface area contributed by atoms with E-state index in [4.69, 9.17) is 4.55 Å². The Hall–Kier alpha value is -0.470. The first-order chi connectivity index (χ1) is 8.68. The van der Waals surface area contributed by atoms with Crippen LogP contribution in [0.4, 0.5) is 43.9 Å². The molecule has 0 unspecified atom stereocenters. The van der Waals surface area contributed by atoms with Gasteiger partial charge in [0.25, 0.3) is 0 Å². The van der Waals surface area contributed by atoms with Gasteiger partial charge in [0.1, 0.15) is 0 Å². The lowest BCUT2D eigenvalue weighted by molar-refractivity contribution is -0.467. The normalized spacial score (nSPS) is 15.0. The molecule has 0 aliphatic carbocycles. The molecule has 0 atom stereocenters. The highest BCUT2D eigenvalue weighted by atomic mass is 32.2. The van der Waals surface area contributed by atoms with Crippen LogP contribution >= 0.6 is 12.0 Å². The van der Waals surface area contributed by atoms with E-state index in [1.807, 2.05) is 0 Å². The molecule has 0 rings (SSSR count). The predicted octanol–water partition coefficient (Wildman–Crippen LogP) is 3.31. The van der Waals surface area contributed by atoms with E-state index >= 15 is 0 Å². The maximum absolute atomic E-state index is 12.9. The molecular weight excluding hydrogens is 338 g/mol. The fourth-order valence-electron chi connectivity index (χ4n) is 0.986.